The van der Waals surface area contributed by atoms with E-state index >= 15 is 0 Å². The summed E-state index contributed by atoms with van der Waals surface area (Å²) in [7, 11) is 0. The molecule has 4 aromatic rings. The molecule has 2 N–H and O–H groups in total. The zero-order chi connectivity index (χ0) is 24.0. The Kier molecular flexibility index (Phi) is 7.02. The summed E-state index contributed by atoms with van der Waals surface area (Å²) in [6.07, 6.45) is 0.0601. The quantitative estimate of drug-likeness (QED) is 0.367. The van der Waals surface area contributed by atoms with E-state index in [2.05, 4.69) is 58.7 Å². The summed E-state index contributed by atoms with van der Waals surface area (Å²) >= 11 is 0. The lowest BCUT2D eigenvalue weighted by Gasteiger charge is -2.27. The largest absolute Gasteiger partial charge is 0.481 e. The van der Waals surface area contributed by atoms with E-state index in [0.717, 1.165) is 60.7 Å². The summed E-state index contributed by atoms with van der Waals surface area (Å²) in [6, 6.07) is 27.0. The highest BCUT2D eigenvalue weighted by atomic mass is 16.5. The first-order valence-corrected chi connectivity index (χ1v) is 12.0. The second kappa shape index (κ2) is 10.7. The maximum absolute atomic E-state index is 11.0. The third-order valence-corrected chi connectivity index (χ3v) is 6.38. The molecule has 0 radical (unpaired) electrons. The average Bonchev–Trinajstić information content (AvgIpc) is 2.89. The predicted octanol–water partition coefficient (Wildman–Crippen LogP) is 5.29. The van der Waals surface area contributed by atoms with Crippen LogP contribution in [0.3, 0.4) is 0 Å². The number of morpholine rings is 1. The zero-order valence-corrected chi connectivity index (χ0v) is 19.6. The van der Waals surface area contributed by atoms with Crippen molar-refractivity contribution in [2.75, 3.05) is 38.2 Å². The number of aliphatic carboxylic acids is 1. The number of carbonyl (C=O) groups is 1. The lowest BCUT2D eigenvalue weighted by Crippen LogP contribution is -2.35. The molecule has 1 aliphatic heterocycles. The van der Waals surface area contributed by atoms with Crippen LogP contribution in [0, 0.1) is 0 Å². The maximum Gasteiger partial charge on any atom is 0.305 e. The normalized spacial score (nSPS) is 14.2. The molecular weight excluding hydrogens is 438 g/mol. The SMILES string of the molecule is O=C(O)CCNc1cc(-c2ccc(-c3ccccc3CN3CCOCC3)cc2)nc2ccccc12. The Hall–Kier alpha value is -3.74. The van der Waals surface area contributed by atoms with E-state index in [1.54, 1.807) is 0 Å². The molecule has 0 aliphatic carbocycles. The topological polar surface area (TPSA) is 74.7 Å². The second-order valence-corrected chi connectivity index (χ2v) is 8.77. The standard InChI is InChI=1S/C29H29N3O3/c33-29(34)13-14-30-28-19-27(31-26-8-4-3-7-25(26)28)22-11-9-21(10-12-22)24-6-2-1-5-23(24)20-32-15-17-35-18-16-32/h1-12,19H,13-18,20H2,(H,30,31)(H,33,34). The Labute approximate surface area is 205 Å². The summed E-state index contributed by atoms with van der Waals surface area (Å²) in [4.78, 5) is 18.3. The van der Waals surface area contributed by atoms with E-state index in [1.807, 2.05) is 30.3 Å². The van der Waals surface area contributed by atoms with E-state index in [4.69, 9.17) is 14.8 Å². The van der Waals surface area contributed by atoms with Gasteiger partial charge in [0.2, 0.25) is 0 Å². The predicted molar refractivity (Wildman–Crippen MR) is 139 cm³/mol. The number of benzene rings is 3. The number of nitrogens with one attached hydrogen (secondary N) is 1. The van der Waals surface area contributed by atoms with Crippen LogP contribution in [0.2, 0.25) is 0 Å². The number of ether oxygens (including phenoxy) is 1. The zero-order valence-electron chi connectivity index (χ0n) is 19.6. The van der Waals surface area contributed by atoms with Gasteiger partial charge in [-0.15, -0.1) is 0 Å². The lowest BCUT2D eigenvalue weighted by atomic mass is 9.97. The smallest absolute Gasteiger partial charge is 0.305 e. The van der Waals surface area contributed by atoms with E-state index in [9.17, 15) is 4.79 Å². The summed E-state index contributed by atoms with van der Waals surface area (Å²) in [5.41, 5.74) is 7.39. The van der Waals surface area contributed by atoms with Crippen molar-refractivity contribution in [3.05, 3.63) is 84.4 Å². The van der Waals surface area contributed by atoms with Gasteiger partial charge in [-0.05, 0) is 28.8 Å². The van der Waals surface area contributed by atoms with Gasteiger partial charge in [0, 0.05) is 42.8 Å². The number of fused-ring (bicyclic) bond motifs is 1. The average molecular weight is 468 g/mol. The molecule has 0 amide bonds. The lowest BCUT2D eigenvalue weighted by molar-refractivity contribution is -0.136. The molecule has 2 heterocycles. The maximum atomic E-state index is 11.0. The fraction of sp³-hybridized carbons (Fsp3) is 0.241. The molecule has 0 unspecified atom stereocenters. The fourth-order valence-corrected chi connectivity index (χ4v) is 4.53. The minimum Gasteiger partial charge on any atom is -0.481 e. The number of hydrogen-bond donors (Lipinski definition) is 2. The molecule has 3 aromatic carbocycles. The van der Waals surface area contributed by atoms with Crippen LogP contribution in [-0.2, 0) is 16.1 Å². The van der Waals surface area contributed by atoms with Crippen molar-refractivity contribution in [3.63, 3.8) is 0 Å². The monoisotopic (exact) mass is 467 g/mol. The van der Waals surface area contributed by atoms with Gasteiger partial charge in [0.25, 0.3) is 0 Å². The highest BCUT2D eigenvalue weighted by molar-refractivity contribution is 5.94. The minimum atomic E-state index is -0.819. The van der Waals surface area contributed by atoms with Crippen LogP contribution < -0.4 is 5.32 Å². The van der Waals surface area contributed by atoms with Crippen LogP contribution in [0.5, 0.6) is 0 Å². The highest BCUT2D eigenvalue weighted by Gasteiger charge is 2.14. The Balaban J connectivity index is 1.42. The van der Waals surface area contributed by atoms with E-state index in [1.165, 1.54) is 16.7 Å². The number of carboxylic acids is 1. The first-order chi connectivity index (χ1) is 17.2. The van der Waals surface area contributed by atoms with Gasteiger partial charge in [-0.25, -0.2) is 4.98 Å². The molecule has 1 aliphatic rings. The number of carboxylic acid groups (broad SMARTS) is 1. The Bertz CT molecular complexity index is 1310. The van der Waals surface area contributed by atoms with Crippen LogP contribution >= 0.6 is 0 Å². The molecule has 5 rings (SSSR count). The van der Waals surface area contributed by atoms with Crippen molar-refractivity contribution in [3.8, 4) is 22.4 Å². The molecule has 0 bridgehead atoms. The summed E-state index contributed by atoms with van der Waals surface area (Å²) < 4.78 is 5.50. The summed E-state index contributed by atoms with van der Waals surface area (Å²) in [6.45, 7) is 4.79. The molecule has 178 valence electrons. The number of para-hydroxylation sites is 1. The number of hydrogen-bond acceptors (Lipinski definition) is 5. The van der Waals surface area contributed by atoms with Gasteiger partial charge in [-0.1, -0.05) is 66.7 Å². The summed E-state index contributed by atoms with van der Waals surface area (Å²) in [5, 5.41) is 13.3. The van der Waals surface area contributed by atoms with Gasteiger partial charge >= 0.3 is 5.97 Å². The number of anilines is 1. The molecule has 1 fully saturated rings. The third kappa shape index (κ3) is 5.50. The Morgan fingerprint density at radius 3 is 2.46 bits per heavy atom. The molecule has 1 saturated heterocycles. The highest BCUT2D eigenvalue weighted by Crippen LogP contribution is 2.31. The van der Waals surface area contributed by atoms with Crippen molar-refractivity contribution >= 4 is 22.6 Å². The molecule has 0 saturated carbocycles. The molecule has 6 heteroatoms. The van der Waals surface area contributed by atoms with Gasteiger partial charge in [-0.2, -0.15) is 0 Å². The number of pyridine rings is 1. The van der Waals surface area contributed by atoms with Crippen molar-refractivity contribution in [2.24, 2.45) is 0 Å². The third-order valence-electron chi connectivity index (χ3n) is 6.38. The van der Waals surface area contributed by atoms with Gasteiger partial charge in [0.1, 0.15) is 0 Å². The molecule has 0 spiro atoms. The number of aromatic nitrogens is 1. The van der Waals surface area contributed by atoms with Gasteiger partial charge in [-0.3, -0.25) is 9.69 Å². The number of nitrogens with zero attached hydrogens (tertiary/aromatic N) is 2. The van der Waals surface area contributed by atoms with E-state index in [0.29, 0.717) is 6.54 Å². The summed E-state index contributed by atoms with van der Waals surface area (Å²) in [5.74, 6) is -0.819. The molecule has 6 nitrogen and oxygen atoms in total. The Morgan fingerprint density at radius 1 is 0.943 bits per heavy atom. The van der Waals surface area contributed by atoms with Crippen molar-refractivity contribution < 1.29 is 14.6 Å². The molecule has 0 atom stereocenters. The van der Waals surface area contributed by atoms with Gasteiger partial charge in [0.05, 0.1) is 30.8 Å². The van der Waals surface area contributed by atoms with Gasteiger partial charge < -0.3 is 15.2 Å². The van der Waals surface area contributed by atoms with E-state index < -0.39 is 5.97 Å². The molecule has 1 aromatic heterocycles. The van der Waals surface area contributed by atoms with Gasteiger partial charge in [0.15, 0.2) is 0 Å². The van der Waals surface area contributed by atoms with Crippen LogP contribution in [-0.4, -0.2) is 53.8 Å². The minimum absolute atomic E-state index is 0.0601. The van der Waals surface area contributed by atoms with Crippen LogP contribution in [0.25, 0.3) is 33.3 Å². The fourth-order valence-electron chi connectivity index (χ4n) is 4.53. The van der Waals surface area contributed by atoms with E-state index in [-0.39, 0.29) is 6.42 Å². The number of rotatable bonds is 8. The molecule has 35 heavy (non-hydrogen) atoms. The van der Waals surface area contributed by atoms with Crippen molar-refractivity contribution in [2.45, 2.75) is 13.0 Å². The second-order valence-electron chi connectivity index (χ2n) is 8.77. The van der Waals surface area contributed by atoms with Crippen LogP contribution in [0.1, 0.15) is 12.0 Å². The first kappa shape index (κ1) is 23.0. The van der Waals surface area contributed by atoms with Crippen LogP contribution in [0.15, 0.2) is 78.9 Å². The Morgan fingerprint density at radius 2 is 1.66 bits per heavy atom. The van der Waals surface area contributed by atoms with Crippen molar-refractivity contribution in [1.82, 2.24) is 9.88 Å². The molecular formula is C29H29N3O3. The first-order valence-electron chi connectivity index (χ1n) is 12.0. The van der Waals surface area contributed by atoms with Crippen molar-refractivity contribution in [1.29, 1.82) is 0 Å². The van der Waals surface area contributed by atoms with Crippen LogP contribution in [0.4, 0.5) is 5.69 Å².